The smallest absolute Gasteiger partial charge is 0.227 e. The van der Waals surface area contributed by atoms with Crippen LogP contribution in [0.15, 0.2) is 18.2 Å². The molecule has 0 spiro atoms. The van der Waals surface area contributed by atoms with Crippen LogP contribution >= 0.6 is 0 Å². The largest absolute Gasteiger partial charge is 0.497 e. The number of amides is 1. The number of carbonyl (C=O) groups is 2. The average Bonchev–Trinajstić information content (AvgIpc) is 2.42. The van der Waals surface area contributed by atoms with Gasteiger partial charge in [0, 0.05) is 26.0 Å². The Labute approximate surface area is 113 Å². The van der Waals surface area contributed by atoms with E-state index in [1.807, 2.05) is 0 Å². The van der Waals surface area contributed by atoms with Gasteiger partial charge < -0.3 is 19.2 Å². The lowest BCUT2D eigenvalue weighted by Gasteiger charge is -2.20. The SMILES string of the molecule is COc1ccc(N(C)C(=O)CCC(C)=O)c(OC)c1. The van der Waals surface area contributed by atoms with Gasteiger partial charge in [-0.25, -0.2) is 0 Å². The van der Waals surface area contributed by atoms with E-state index in [9.17, 15) is 9.59 Å². The number of Topliss-reactive ketones (excluding diaryl/α,β-unsaturated/α-hetero) is 1. The van der Waals surface area contributed by atoms with Crippen LogP contribution in [0.25, 0.3) is 0 Å². The molecule has 0 N–H and O–H groups in total. The zero-order chi connectivity index (χ0) is 14.4. The van der Waals surface area contributed by atoms with Crippen LogP contribution in [0.3, 0.4) is 0 Å². The summed E-state index contributed by atoms with van der Waals surface area (Å²) in [5.41, 5.74) is 0.650. The number of anilines is 1. The van der Waals surface area contributed by atoms with Crippen molar-refractivity contribution < 1.29 is 19.1 Å². The third-order valence-corrected chi connectivity index (χ3v) is 2.81. The van der Waals surface area contributed by atoms with Crippen LogP contribution in [0.1, 0.15) is 19.8 Å². The maximum absolute atomic E-state index is 12.0. The molecule has 5 nitrogen and oxygen atoms in total. The molecule has 104 valence electrons. The number of hydrogen-bond donors (Lipinski definition) is 0. The number of benzene rings is 1. The second-order valence-corrected chi connectivity index (χ2v) is 4.19. The van der Waals surface area contributed by atoms with Gasteiger partial charge in [0.05, 0.1) is 19.9 Å². The Morgan fingerprint density at radius 1 is 1.16 bits per heavy atom. The predicted molar refractivity (Wildman–Crippen MR) is 72.9 cm³/mol. The molecule has 0 heterocycles. The molecular weight excluding hydrogens is 246 g/mol. The molecule has 19 heavy (non-hydrogen) atoms. The summed E-state index contributed by atoms with van der Waals surface area (Å²) >= 11 is 0. The minimum Gasteiger partial charge on any atom is -0.497 e. The molecule has 0 aliphatic heterocycles. The van der Waals surface area contributed by atoms with Crippen LogP contribution in [0.2, 0.25) is 0 Å². The third-order valence-electron chi connectivity index (χ3n) is 2.81. The molecule has 0 unspecified atom stereocenters. The number of methoxy groups -OCH3 is 2. The van der Waals surface area contributed by atoms with Crippen LogP contribution in [-0.4, -0.2) is 33.0 Å². The lowest BCUT2D eigenvalue weighted by molar-refractivity contribution is -0.122. The Morgan fingerprint density at radius 3 is 2.37 bits per heavy atom. The Kier molecular flexibility index (Phi) is 5.36. The van der Waals surface area contributed by atoms with E-state index in [2.05, 4.69) is 0 Å². The minimum absolute atomic E-state index is 0.00319. The standard InChI is InChI=1S/C14H19NO4/c1-10(16)5-8-14(17)15(2)12-7-6-11(18-3)9-13(12)19-4/h6-7,9H,5,8H2,1-4H3. The van der Waals surface area contributed by atoms with Crippen molar-refractivity contribution in [2.24, 2.45) is 0 Å². The van der Waals surface area contributed by atoms with Gasteiger partial charge in [0.1, 0.15) is 17.3 Å². The van der Waals surface area contributed by atoms with Gasteiger partial charge in [0.15, 0.2) is 0 Å². The second kappa shape index (κ2) is 6.78. The van der Waals surface area contributed by atoms with Gasteiger partial charge in [-0.15, -0.1) is 0 Å². The summed E-state index contributed by atoms with van der Waals surface area (Å²) in [6, 6.07) is 5.22. The van der Waals surface area contributed by atoms with Crippen LogP contribution in [0, 0.1) is 0 Å². The number of hydrogen-bond acceptors (Lipinski definition) is 4. The van der Waals surface area contributed by atoms with Gasteiger partial charge >= 0.3 is 0 Å². The minimum atomic E-state index is -0.126. The van der Waals surface area contributed by atoms with Crippen LogP contribution < -0.4 is 14.4 Å². The maximum Gasteiger partial charge on any atom is 0.227 e. The van der Waals surface area contributed by atoms with E-state index in [1.165, 1.54) is 18.9 Å². The van der Waals surface area contributed by atoms with Crippen molar-refractivity contribution in [1.29, 1.82) is 0 Å². The highest BCUT2D eigenvalue weighted by Gasteiger charge is 2.16. The van der Waals surface area contributed by atoms with Gasteiger partial charge in [-0.05, 0) is 19.1 Å². The first kappa shape index (κ1) is 15.0. The second-order valence-electron chi connectivity index (χ2n) is 4.19. The predicted octanol–water partition coefficient (Wildman–Crippen LogP) is 2.04. The normalized spacial score (nSPS) is 9.89. The van der Waals surface area contributed by atoms with E-state index in [1.54, 1.807) is 32.4 Å². The number of ketones is 1. The van der Waals surface area contributed by atoms with E-state index in [-0.39, 0.29) is 24.5 Å². The first-order valence-corrected chi connectivity index (χ1v) is 5.97. The van der Waals surface area contributed by atoms with Crippen molar-refractivity contribution in [3.63, 3.8) is 0 Å². The maximum atomic E-state index is 12.0. The fourth-order valence-electron chi connectivity index (χ4n) is 1.65. The lowest BCUT2D eigenvalue weighted by Crippen LogP contribution is -2.26. The van der Waals surface area contributed by atoms with E-state index >= 15 is 0 Å². The lowest BCUT2D eigenvalue weighted by atomic mass is 10.2. The summed E-state index contributed by atoms with van der Waals surface area (Å²) in [5.74, 6) is 1.09. The molecule has 1 rings (SSSR count). The molecule has 0 radical (unpaired) electrons. The highest BCUT2D eigenvalue weighted by molar-refractivity contribution is 5.96. The number of rotatable bonds is 6. The summed E-state index contributed by atoms with van der Waals surface area (Å²) in [6.07, 6.45) is 0.447. The molecule has 0 aliphatic rings. The highest BCUT2D eigenvalue weighted by atomic mass is 16.5. The van der Waals surface area contributed by atoms with Gasteiger partial charge in [-0.1, -0.05) is 0 Å². The van der Waals surface area contributed by atoms with Crippen molar-refractivity contribution in [3.05, 3.63) is 18.2 Å². The fourth-order valence-corrected chi connectivity index (χ4v) is 1.65. The van der Waals surface area contributed by atoms with E-state index in [0.717, 1.165) is 0 Å². The molecule has 1 aromatic rings. The molecular formula is C14H19NO4. The summed E-state index contributed by atoms with van der Waals surface area (Å²) in [5, 5.41) is 0. The monoisotopic (exact) mass is 265 g/mol. The average molecular weight is 265 g/mol. The van der Waals surface area contributed by atoms with E-state index in [4.69, 9.17) is 9.47 Å². The quantitative estimate of drug-likeness (QED) is 0.789. The van der Waals surface area contributed by atoms with Crippen LogP contribution in [0.4, 0.5) is 5.69 Å². The Bertz CT molecular complexity index is 471. The molecule has 0 bridgehead atoms. The molecule has 0 aliphatic carbocycles. The Morgan fingerprint density at radius 2 is 1.84 bits per heavy atom. The topological polar surface area (TPSA) is 55.8 Å². The zero-order valence-electron chi connectivity index (χ0n) is 11.7. The number of ether oxygens (including phenoxy) is 2. The van der Waals surface area contributed by atoms with Gasteiger partial charge in [0.25, 0.3) is 0 Å². The number of carbonyl (C=O) groups excluding carboxylic acids is 2. The highest BCUT2D eigenvalue weighted by Crippen LogP contribution is 2.31. The van der Waals surface area contributed by atoms with Gasteiger partial charge in [-0.3, -0.25) is 4.79 Å². The molecule has 0 saturated heterocycles. The summed E-state index contributed by atoms with van der Waals surface area (Å²) in [6.45, 7) is 1.47. The number of nitrogens with zero attached hydrogens (tertiary/aromatic N) is 1. The fraction of sp³-hybridized carbons (Fsp3) is 0.429. The third kappa shape index (κ3) is 3.98. The summed E-state index contributed by atoms with van der Waals surface area (Å²) < 4.78 is 10.3. The molecule has 0 fully saturated rings. The zero-order valence-corrected chi connectivity index (χ0v) is 11.7. The van der Waals surface area contributed by atoms with E-state index < -0.39 is 0 Å². The van der Waals surface area contributed by atoms with Crippen LogP contribution in [-0.2, 0) is 9.59 Å². The molecule has 5 heteroatoms. The van der Waals surface area contributed by atoms with Crippen molar-refractivity contribution >= 4 is 17.4 Å². The molecule has 0 atom stereocenters. The van der Waals surface area contributed by atoms with E-state index in [0.29, 0.717) is 17.2 Å². The molecule has 0 saturated carbocycles. The van der Waals surface area contributed by atoms with Gasteiger partial charge in [0.2, 0.25) is 5.91 Å². The Balaban J connectivity index is 2.89. The summed E-state index contributed by atoms with van der Waals surface area (Å²) in [7, 11) is 4.76. The Hall–Kier alpha value is -2.04. The summed E-state index contributed by atoms with van der Waals surface area (Å²) in [4.78, 5) is 24.3. The van der Waals surface area contributed by atoms with Crippen LogP contribution in [0.5, 0.6) is 11.5 Å². The van der Waals surface area contributed by atoms with Crippen molar-refractivity contribution in [2.45, 2.75) is 19.8 Å². The van der Waals surface area contributed by atoms with Crippen molar-refractivity contribution in [2.75, 3.05) is 26.2 Å². The molecule has 0 aromatic heterocycles. The van der Waals surface area contributed by atoms with Crippen molar-refractivity contribution in [1.82, 2.24) is 0 Å². The first-order chi connectivity index (χ1) is 8.99. The molecule has 1 amide bonds. The van der Waals surface area contributed by atoms with Crippen molar-refractivity contribution in [3.8, 4) is 11.5 Å². The first-order valence-electron chi connectivity index (χ1n) is 5.97. The molecule has 1 aromatic carbocycles. The van der Waals surface area contributed by atoms with Gasteiger partial charge in [-0.2, -0.15) is 0 Å².